The molecule has 1 aromatic rings. The first kappa shape index (κ1) is 15.6. The number of aliphatic hydroxyl groups is 1. The van der Waals surface area contributed by atoms with Gasteiger partial charge in [0.1, 0.15) is 0 Å². The van der Waals surface area contributed by atoms with E-state index in [9.17, 15) is 5.11 Å². The zero-order valence-electron chi connectivity index (χ0n) is 12.2. The van der Waals surface area contributed by atoms with Crippen molar-refractivity contribution in [2.45, 2.75) is 62.5 Å². The van der Waals surface area contributed by atoms with E-state index in [-0.39, 0.29) is 23.5 Å². The molecule has 3 unspecified atom stereocenters. The van der Waals surface area contributed by atoms with Gasteiger partial charge in [0.2, 0.25) is 0 Å². The van der Waals surface area contributed by atoms with E-state index in [0.29, 0.717) is 10.0 Å². The van der Waals surface area contributed by atoms with Crippen molar-refractivity contribution in [1.82, 2.24) is 0 Å². The van der Waals surface area contributed by atoms with Crippen LogP contribution in [0.2, 0.25) is 10.0 Å². The number of rotatable bonds is 3. The average Bonchev–Trinajstić information content (AvgIpc) is 2.42. The van der Waals surface area contributed by atoms with Crippen LogP contribution in [0.25, 0.3) is 0 Å². The molecule has 3 rings (SSSR count). The number of nitrogens with two attached hydrogens (primary N) is 1. The second-order valence-electron chi connectivity index (χ2n) is 6.70. The number of hydrogen-bond donors (Lipinski definition) is 2. The smallest absolute Gasteiger partial charge is 0.0679 e. The molecule has 3 atom stereocenters. The Morgan fingerprint density at radius 3 is 2.38 bits per heavy atom. The van der Waals surface area contributed by atoms with Crippen molar-refractivity contribution in [3.8, 4) is 0 Å². The number of halogens is 2. The number of hydrogen-bond acceptors (Lipinski definition) is 2. The Morgan fingerprint density at radius 1 is 1.10 bits per heavy atom. The maximum Gasteiger partial charge on any atom is 0.0679 e. The first-order chi connectivity index (χ1) is 10.0. The van der Waals surface area contributed by atoms with Gasteiger partial charge in [0.15, 0.2) is 0 Å². The van der Waals surface area contributed by atoms with E-state index >= 15 is 0 Å². The number of benzene rings is 1. The largest absolute Gasteiger partial charge is 0.392 e. The Morgan fingerprint density at radius 2 is 1.81 bits per heavy atom. The molecule has 21 heavy (non-hydrogen) atoms. The van der Waals surface area contributed by atoms with Crippen molar-refractivity contribution in [3.05, 3.63) is 33.8 Å². The zero-order valence-corrected chi connectivity index (χ0v) is 13.7. The van der Waals surface area contributed by atoms with Crippen molar-refractivity contribution < 1.29 is 5.11 Å². The van der Waals surface area contributed by atoms with Crippen molar-refractivity contribution in [1.29, 1.82) is 0 Å². The van der Waals surface area contributed by atoms with Crippen LogP contribution in [0.3, 0.4) is 0 Å². The highest BCUT2D eigenvalue weighted by atomic mass is 35.5. The van der Waals surface area contributed by atoms with Crippen molar-refractivity contribution in [2.24, 2.45) is 11.7 Å². The van der Waals surface area contributed by atoms with Gasteiger partial charge in [-0.1, -0.05) is 48.5 Å². The van der Waals surface area contributed by atoms with Gasteiger partial charge in [-0.3, -0.25) is 0 Å². The lowest BCUT2D eigenvalue weighted by atomic mass is 9.57. The summed E-state index contributed by atoms with van der Waals surface area (Å²) in [7, 11) is 0. The lowest BCUT2D eigenvalue weighted by molar-refractivity contribution is -0.0314. The van der Waals surface area contributed by atoms with E-state index in [4.69, 9.17) is 28.9 Å². The lowest BCUT2D eigenvalue weighted by Crippen LogP contribution is -2.54. The summed E-state index contributed by atoms with van der Waals surface area (Å²) in [5.41, 5.74) is 7.23. The van der Waals surface area contributed by atoms with Gasteiger partial charge >= 0.3 is 0 Å². The molecule has 2 aliphatic carbocycles. The molecule has 0 radical (unpaired) electrons. The van der Waals surface area contributed by atoms with E-state index in [1.54, 1.807) is 0 Å². The third-order valence-corrected chi connectivity index (χ3v) is 6.33. The molecule has 1 aromatic carbocycles. The summed E-state index contributed by atoms with van der Waals surface area (Å²) in [4.78, 5) is 0. The van der Waals surface area contributed by atoms with Gasteiger partial charge in [-0.2, -0.15) is 0 Å². The molecule has 4 heteroatoms. The monoisotopic (exact) mass is 327 g/mol. The van der Waals surface area contributed by atoms with Crippen LogP contribution in [-0.2, 0) is 5.41 Å². The molecule has 0 spiro atoms. The van der Waals surface area contributed by atoms with Gasteiger partial charge in [0, 0.05) is 17.4 Å². The third-order valence-electron chi connectivity index (χ3n) is 5.59. The minimum absolute atomic E-state index is 0.119. The fraction of sp³-hybridized carbons (Fsp3) is 0.647. The van der Waals surface area contributed by atoms with Crippen LogP contribution >= 0.6 is 23.2 Å². The molecular formula is C17H23Cl2NO. The highest BCUT2D eigenvalue weighted by Gasteiger charge is 2.49. The van der Waals surface area contributed by atoms with Crippen LogP contribution in [0.4, 0.5) is 0 Å². The van der Waals surface area contributed by atoms with Crippen LogP contribution < -0.4 is 5.73 Å². The summed E-state index contributed by atoms with van der Waals surface area (Å²) in [5, 5.41) is 12.2. The Bertz CT molecular complexity index is 516. The number of aliphatic hydroxyl groups excluding tert-OH is 1. The Hall–Kier alpha value is -0.280. The van der Waals surface area contributed by atoms with Gasteiger partial charge in [-0.05, 0) is 43.4 Å². The standard InChI is InChI=1S/C17H23Cl2NO/c18-13-7-6-11(10-14(13)19)17(8-3-9-17)16(21)12-4-1-2-5-15(12)20/h6-7,10,12,15-16,21H,1-5,8-9,20H2. The van der Waals surface area contributed by atoms with Gasteiger partial charge in [-0.15, -0.1) is 0 Å². The molecular weight excluding hydrogens is 305 g/mol. The van der Waals surface area contributed by atoms with Gasteiger partial charge < -0.3 is 10.8 Å². The van der Waals surface area contributed by atoms with Crippen LogP contribution in [0.15, 0.2) is 18.2 Å². The second kappa shape index (κ2) is 6.08. The highest BCUT2D eigenvalue weighted by molar-refractivity contribution is 6.42. The quantitative estimate of drug-likeness (QED) is 0.869. The molecule has 3 N–H and O–H groups in total. The van der Waals surface area contributed by atoms with Crippen molar-refractivity contribution in [2.75, 3.05) is 0 Å². The molecule has 2 saturated carbocycles. The third kappa shape index (κ3) is 2.72. The maximum atomic E-state index is 11.1. The summed E-state index contributed by atoms with van der Waals surface area (Å²) in [6, 6.07) is 5.91. The fourth-order valence-corrected chi connectivity index (χ4v) is 4.41. The Kier molecular flexibility index (Phi) is 4.52. The molecule has 0 bridgehead atoms. The maximum absolute atomic E-state index is 11.1. The highest BCUT2D eigenvalue weighted by Crippen LogP contribution is 2.50. The topological polar surface area (TPSA) is 46.2 Å². The summed E-state index contributed by atoms with van der Waals surface area (Å²) >= 11 is 12.2. The summed E-state index contributed by atoms with van der Waals surface area (Å²) in [6.45, 7) is 0. The summed E-state index contributed by atoms with van der Waals surface area (Å²) in [5.74, 6) is 0.202. The molecule has 0 heterocycles. The molecule has 0 saturated heterocycles. The normalized spacial score (nSPS) is 29.7. The van der Waals surface area contributed by atoms with E-state index in [2.05, 4.69) is 0 Å². The van der Waals surface area contributed by atoms with E-state index < -0.39 is 0 Å². The first-order valence-corrected chi connectivity index (χ1v) is 8.69. The van der Waals surface area contributed by atoms with E-state index in [1.165, 1.54) is 12.8 Å². The predicted octanol–water partition coefficient (Wildman–Crippen LogP) is 4.29. The van der Waals surface area contributed by atoms with Gasteiger partial charge in [0.05, 0.1) is 16.1 Å². The predicted molar refractivity (Wildman–Crippen MR) is 87.9 cm³/mol. The second-order valence-corrected chi connectivity index (χ2v) is 7.51. The SMILES string of the molecule is NC1CCCCC1C(O)C1(c2ccc(Cl)c(Cl)c2)CCC1. The minimum atomic E-state index is -0.376. The van der Waals surface area contributed by atoms with Crippen LogP contribution in [-0.4, -0.2) is 17.3 Å². The molecule has 0 aromatic heterocycles. The van der Waals surface area contributed by atoms with Crippen molar-refractivity contribution >= 4 is 23.2 Å². The Balaban J connectivity index is 1.90. The fourth-order valence-electron chi connectivity index (χ4n) is 4.11. The average molecular weight is 328 g/mol. The van der Waals surface area contributed by atoms with Gasteiger partial charge in [-0.25, -0.2) is 0 Å². The van der Waals surface area contributed by atoms with Crippen LogP contribution in [0.1, 0.15) is 50.5 Å². The van der Waals surface area contributed by atoms with Crippen LogP contribution in [0, 0.1) is 5.92 Å². The summed E-state index contributed by atoms with van der Waals surface area (Å²) in [6.07, 6.45) is 7.21. The minimum Gasteiger partial charge on any atom is -0.392 e. The van der Waals surface area contributed by atoms with E-state index in [0.717, 1.165) is 37.7 Å². The molecule has 116 valence electrons. The lowest BCUT2D eigenvalue weighted by Gasteiger charge is -2.50. The molecule has 2 nitrogen and oxygen atoms in total. The van der Waals surface area contributed by atoms with Crippen LogP contribution in [0.5, 0.6) is 0 Å². The summed E-state index contributed by atoms with van der Waals surface area (Å²) < 4.78 is 0. The molecule has 2 fully saturated rings. The van der Waals surface area contributed by atoms with Crippen molar-refractivity contribution in [3.63, 3.8) is 0 Å². The molecule has 0 aliphatic heterocycles. The molecule has 0 amide bonds. The van der Waals surface area contributed by atoms with Gasteiger partial charge in [0.25, 0.3) is 0 Å². The zero-order chi connectivity index (χ0) is 15.0. The first-order valence-electron chi connectivity index (χ1n) is 7.94. The molecule has 2 aliphatic rings. The Labute approximate surface area is 136 Å². The van der Waals surface area contributed by atoms with E-state index in [1.807, 2.05) is 18.2 Å².